The van der Waals surface area contributed by atoms with Crippen molar-refractivity contribution in [2.75, 3.05) is 46.6 Å². The fourth-order valence-electron chi connectivity index (χ4n) is 1.82. The SMILES string of the molecule is CC(C)C(C)N(C)CCOCCCCCOCCON. The van der Waals surface area contributed by atoms with Crippen molar-refractivity contribution in [3.63, 3.8) is 0 Å². The number of ether oxygens (including phenoxy) is 2. The molecule has 20 heavy (non-hydrogen) atoms. The van der Waals surface area contributed by atoms with Gasteiger partial charge in [0.15, 0.2) is 0 Å². The van der Waals surface area contributed by atoms with Gasteiger partial charge in [-0.25, -0.2) is 5.90 Å². The predicted molar refractivity (Wildman–Crippen MR) is 82.6 cm³/mol. The van der Waals surface area contributed by atoms with Crippen molar-refractivity contribution < 1.29 is 14.3 Å². The van der Waals surface area contributed by atoms with E-state index in [1.54, 1.807) is 0 Å². The minimum atomic E-state index is 0.464. The molecule has 5 heteroatoms. The molecular weight excluding hydrogens is 256 g/mol. The van der Waals surface area contributed by atoms with Gasteiger partial charge in [0.2, 0.25) is 0 Å². The van der Waals surface area contributed by atoms with E-state index in [1.807, 2.05) is 0 Å². The molecule has 0 aromatic carbocycles. The van der Waals surface area contributed by atoms with Crippen LogP contribution in [0, 0.1) is 5.92 Å². The molecule has 0 aromatic heterocycles. The smallest absolute Gasteiger partial charge is 0.0913 e. The van der Waals surface area contributed by atoms with Gasteiger partial charge in [-0.1, -0.05) is 13.8 Å². The molecule has 0 aliphatic heterocycles. The highest BCUT2D eigenvalue weighted by Gasteiger charge is 2.11. The van der Waals surface area contributed by atoms with E-state index in [0.29, 0.717) is 25.2 Å². The van der Waals surface area contributed by atoms with Crippen LogP contribution in [0.4, 0.5) is 0 Å². The molecule has 1 unspecified atom stereocenters. The Morgan fingerprint density at radius 1 is 0.850 bits per heavy atom. The summed E-state index contributed by atoms with van der Waals surface area (Å²) in [5.41, 5.74) is 0. The second-order valence-corrected chi connectivity index (χ2v) is 5.62. The van der Waals surface area contributed by atoms with Gasteiger partial charge in [-0.2, -0.15) is 0 Å². The number of rotatable bonds is 14. The molecule has 0 aromatic rings. The molecule has 0 rings (SSSR count). The van der Waals surface area contributed by atoms with Gasteiger partial charge in [-0.15, -0.1) is 0 Å². The average Bonchev–Trinajstić information content (AvgIpc) is 2.43. The first-order chi connectivity index (χ1) is 9.59. The van der Waals surface area contributed by atoms with Crippen LogP contribution >= 0.6 is 0 Å². The van der Waals surface area contributed by atoms with Gasteiger partial charge in [-0.3, -0.25) is 0 Å². The highest BCUT2D eigenvalue weighted by atomic mass is 16.6. The van der Waals surface area contributed by atoms with E-state index < -0.39 is 0 Å². The van der Waals surface area contributed by atoms with Crippen molar-refractivity contribution >= 4 is 0 Å². The third-order valence-electron chi connectivity index (χ3n) is 3.67. The summed E-state index contributed by atoms with van der Waals surface area (Å²) in [4.78, 5) is 6.77. The molecule has 0 radical (unpaired) electrons. The Bertz CT molecular complexity index is 204. The lowest BCUT2D eigenvalue weighted by atomic mass is 10.1. The Balaban J connectivity index is 3.20. The first-order valence-electron chi connectivity index (χ1n) is 7.77. The van der Waals surface area contributed by atoms with Crippen LogP contribution in [0.5, 0.6) is 0 Å². The molecule has 0 saturated heterocycles. The minimum absolute atomic E-state index is 0.464. The Hall–Kier alpha value is -0.200. The van der Waals surface area contributed by atoms with Gasteiger partial charge >= 0.3 is 0 Å². The molecule has 0 spiro atoms. The number of likely N-dealkylation sites (N-methyl/N-ethyl adjacent to an activating group) is 1. The highest BCUT2D eigenvalue weighted by molar-refractivity contribution is 4.66. The Morgan fingerprint density at radius 3 is 2.00 bits per heavy atom. The van der Waals surface area contributed by atoms with Gasteiger partial charge in [0.25, 0.3) is 0 Å². The van der Waals surface area contributed by atoms with Gasteiger partial charge in [0.1, 0.15) is 0 Å². The van der Waals surface area contributed by atoms with Crippen molar-refractivity contribution in [3.8, 4) is 0 Å². The van der Waals surface area contributed by atoms with E-state index in [-0.39, 0.29) is 0 Å². The molecule has 0 saturated carbocycles. The molecule has 1 atom stereocenters. The predicted octanol–water partition coefficient (Wildman–Crippen LogP) is 2.06. The number of nitrogens with zero attached hydrogens (tertiary/aromatic N) is 1. The summed E-state index contributed by atoms with van der Waals surface area (Å²) in [7, 11) is 2.16. The van der Waals surface area contributed by atoms with Crippen LogP contribution in [0.3, 0.4) is 0 Å². The second-order valence-electron chi connectivity index (χ2n) is 5.62. The molecule has 0 fully saturated rings. The van der Waals surface area contributed by atoms with E-state index in [4.69, 9.17) is 15.4 Å². The lowest BCUT2D eigenvalue weighted by Crippen LogP contribution is -2.35. The lowest BCUT2D eigenvalue weighted by molar-refractivity contribution is 0.0450. The number of hydrogen-bond donors (Lipinski definition) is 1. The lowest BCUT2D eigenvalue weighted by Gasteiger charge is -2.27. The zero-order valence-electron chi connectivity index (χ0n) is 13.8. The van der Waals surface area contributed by atoms with Crippen LogP contribution in [0.1, 0.15) is 40.0 Å². The summed E-state index contributed by atoms with van der Waals surface area (Å²) in [5.74, 6) is 5.58. The Morgan fingerprint density at radius 2 is 1.45 bits per heavy atom. The maximum Gasteiger partial charge on any atom is 0.0913 e. The first-order valence-corrected chi connectivity index (χ1v) is 7.77. The van der Waals surface area contributed by atoms with E-state index in [2.05, 4.69) is 37.6 Å². The number of unbranched alkanes of at least 4 members (excludes halogenated alkanes) is 2. The standard InChI is InChI=1S/C15H34N2O3/c1-14(2)15(3)17(4)8-11-18-9-6-5-7-10-19-12-13-20-16/h14-15H,5-13,16H2,1-4H3. The molecule has 122 valence electrons. The molecule has 2 N–H and O–H groups in total. The number of nitrogens with two attached hydrogens (primary N) is 1. The summed E-state index contributed by atoms with van der Waals surface area (Å²) >= 11 is 0. The molecule has 0 aliphatic carbocycles. The van der Waals surface area contributed by atoms with Crippen molar-refractivity contribution in [2.45, 2.75) is 46.1 Å². The van der Waals surface area contributed by atoms with Crippen molar-refractivity contribution in [1.29, 1.82) is 0 Å². The zero-order valence-corrected chi connectivity index (χ0v) is 13.8. The molecule has 0 aliphatic rings. The van der Waals surface area contributed by atoms with Crippen molar-refractivity contribution in [3.05, 3.63) is 0 Å². The van der Waals surface area contributed by atoms with Gasteiger partial charge in [0, 0.05) is 25.8 Å². The van der Waals surface area contributed by atoms with Crippen molar-refractivity contribution in [1.82, 2.24) is 4.90 Å². The maximum atomic E-state index is 5.66. The van der Waals surface area contributed by atoms with Crippen LogP contribution in [-0.2, 0) is 14.3 Å². The summed E-state index contributed by atoms with van der Waals surface area (Å²) in [6.07, 6.45) is 3.31. The van der Waals surface area contributed by atoms with Crippen LogP contribution in [-0.4, -0.2) is 57.6 Å². The summed E-state index contributed by atoms with van der Waals surface area (Å²) in [6.45, 7) is 11.2. The minimum Gasteiger partial charge on any atom is -0.380 e. The van der Waals surface area contributed by atoms with Gasteiger partial charge < -0.3 is 19.2 Å². The normalized spacial score (nSPS) is 13.3. The largest absolute Gasteiger partial charge is 0.380 e. The van der Waals surface area contributed by atoms with E-state index in [0.717, 1.165) is 45.6 Å². The third-order valence-corrected chi connectivity index (χ3v) is 3.67. The van der Waals surface area contributed by atoms with E-state index in [9.17, 15) is 0 Å². The Labute approximate surface area is 124 Å². The fourth-order valence-corrected chi connectivity index (χ4v) is 1.82. The van der Waals surface area contributed by atoms with Crippen LogP contribution in [0.15, 0.2) is 0 Å². The second kappa shape index (κ2) is 13.8. The van der Waals surface area contributed by atoms with Gasteiger partial charge in [0.05, 0.1) is 19.8 Å². The highest BCUT2D eigenvalue weighted by Crippen LogP contribution is 2.07. The summed E-state index contributed by atoms with van der Waals surface area (Å²) in [5, 5.41) is 0. The van der Waals surface area contributed by atoms with Crippen LogP contribution in [0.25, 0.3) is 0 Å². The molecule has 0 bridgehead atoms. The molecule has 0 amide bonds. The first kappa shape index (κ1) is 19.8. The van der Waals surface area contributed by atoms with Crippen LogP contribution < -0.4 is 5.90 Å². The quantitative estimate of drug-likeness (QED) is 0.392. The topological polar surface area (TPSA) is 57.0 Å². The van der Waals surface area contributed by atoms with Crippen molar-refractivity contribution in [2.24, 2.45) is 11.8 Å². The zero-order chi connectivity index (χ0) is 15.2. The Kier molecular flexibility index (Phi) is 13.6. The monoisotopic (exact) mass is 290 g/mol. The summed E-state index contributed by atoms with van der Waals surface area (Å²) in [6, 6.07) is 0.605. The third kappa shape index (κ3) is 11.6. The molecule has 0 heterocycles. The van der Waals surface area contributed by atoms with E-state index >= 15 is 0 Å². The molecular formula is C15H34N2O3. The number of hydrogen-bond acceptors (Lipinski definition) is 5. The van der Waals surface area contributed by atoms with E-state index in [1.165, 1.54) is 0 Å². The average molecular weight is 290 g/mol. The maximum absolute atomic E-state index is 5.66. The van der Waals surface area contributed by atoms with Crippen LogP contribution in [0.2, 0.25) is 0 Å². The molecule has 5 nitrogen and oxygen atoms in total. The summed E-state index contributed by atoms with van der Waals surface area (Å²) < 4.78 is 11.0. The van der Waals surface area contributed by atoms with Gasteiger partial charge in [-0.05, 0) is 39.2 Å². The fraction of sp³-hybridized carbons (Fsp3) is 1.00.